The fourth-order valence-corrected chi connectivity index (χ4v) is 7.61. The SMILES string of the molecule is CN(CC12CCC(CN(C(c3ccccc3)(c3ccccc3)c3ccccc3)C1)N2C(=O)OC(C)(C)C)C(=O)OCc1ccccc1. The number of rotatable bonds is 8. The minimum atomic E-state index is -0.713. The highest BCUT2D eigenvalue weighted by Crippen LogP contribution is 2.49. The van der Waals surface area contributed by atoms with Crippen LogP contribution < -0.4 is 0 Å². The van der Waals surface area contributed by atoms with E-state index in [4.69, 9.17) is 9.47 Å². The third-order valence-electron chi connectivity index (χ3n) is 9.42. The van der Waals surface area contributed by atoms with Gasteiger partial charge in [0.15, 0.2) is 0 Å². The molecule has 6 rings (SSSR count). The van der Waals surface area contributed by atoms with Crippen LogP contribution in [0.1, 0.15) is 55.9 Å². The van der Waals surface area contributed by atoms with Crippen LogP contribution in [0.3, 0.4) is 0 Å². The Labute approximate surface area is 278 Å². The highest BCUT2D eigenvalue weighted by Gasteiger charge is 2.59. The minimum absolute atomic E-state index is 0.108. The molecule has 4 aromatic rings. The van der Waals surface area contributed by atoms with E-state index in [2.05, 4.69) is 77.7 Å². The molecule has 0 N–H and O–H groups in total. The first-order valence-electron chi connectivity index (χ1n) is 16.5. The molecule has 2 aliphatic rings. The molecule has 7 nitrogen and oxygen atoms in total. The maximum absolute atomic E-state index is 14.1. The second-order valence-electron chi connectivity index (χ2n) is 13.9. The fourth-order valence-electron chi connectivity index (χ4n) is 7.61. The van der Waals surface area contributed by atoms with Gasteiger partial charge in [-0.3, -0.25) is 9.80 Å². The molecule has 2 unspecified atom stereocenters. The molecule has 2 fully saturated rings. The zero-order valence-electron chi connectivity index (χ0n) is 27.8. The number of fused-ring (bicyclic) bond motifs is 2. The average Bonchev–Trinajstić information content (AvgIpc) is 3.31. The predicted octanol–water partition coefficient (Wildman–Crippen LogP) is 7.70. The van der Waals surface area contributed by atoms with Crippen LogP contribution in [0, 0.1) is 0 Å². The maximum Gasteiger partial charge on any atom is 0.411 e. The smallest absolute Gasteiger partial charge is 0.411 e. The van der Waals surface area contributed by atoms with Crippen LogP contribution in [0.25, 0.3) is 0 Å². The van der Waals surface area contributed by atoms with Gasteiger partial charge in [-0.25, -0.2) is 9.59 Å². The molecule has 0 spiro atoms. The number of likely N-dealkylation sites (N-methyl/N-ethyl adjacent to an activating group) is 1. The number of piperazine rings is 1. The van der Waals surface area contributed by atoms with E-state index in [1.54, 1.807) is 11.9 Å². The summed E-state index contributed by atoms with van der Waals surface area (Å²) in [6.07, 6.45) is 0.777. The fraction of sp³-hybridized carbons (Fsp3) is 0.350. The van der Waals surface area contributed by atoms with Gasteiger partial charge in [0.2, 0.25) is 0 Å². The summed E-state index contributed by atoms with van der Waals surface area (Å²) in [6.45, 7) is 7.34. The van der Waals surface area contributed by atoms with E-state index in [-0.39, 0.29) is 18.7 Å². The van der Waals surface area contributed by atoms with Crippen molar-refractivity contribution in [1.82, 2.24) is 14.7 Å². The molecular weight excluding hydrogens is 586 g/mol. The van der Waals surface area contributed by atoms with Gasteiger partial charge in [-0.15, -0.1) is 0 Å². The molecule has 244 valence electrons. The first-order chi connectivity index (χ1) is 22.6. The van der Waals surface area contributed by atoms with Crippen molar-refractivity contribution >= 4 is 12.2 Å². The predicted molar refractivity (Wildman–Crippen MR) is 184 cm³/mol. The molecule has 4 aromatic carbocycles. The third kappa shape index (κ3) is 6.50. The third-order valence-corrected chi connectivity index (χ3v) is 9.42. The topological polar surface area (TPSA) is 62.3 Å². The number of benzene rings is 4. The molecule has 2 atom stereocenters. The Morgan fingerprint density at radius 1 is 0.787 bits per heavy atom. The van der Waals surface area contributed by atoms with Gasteiger partial charge >= 0.3 is 12.2 Å². The van der Waals surface area contributed by atoms with Crippen LogP contribution in [-0.4, -0.2) is 70.7 Å². The molecule has 2 aliphatic heterocycles. The van der Waals surface area contributed by atoms with E-state index in [1.807, 2.05) is 74.2 Å². The van der Waals surface area contributed by atoms with E-state index in [0.29, 0.717) is 19.6 Å². The monoisotopic (exact) mass is 631 g/mol. The van der Waals surface area contributed by atoms with Crippen molar-refractivity contribution < 1.29 is 19.1 Å². The van der Waals surface area contributed by atoms with Gasteiger partial charge < -0.3 is 14.4 Å². The van der Waals surface area contributed by atoms with Gasteiger partial charge in [0.25, 0.3) is 0 Å². The number of ether oxygens (including phenoxy) is 2. The largest absolute Gasteiger partial charge is 0.445 e. The van der Waals surface area contributed by atoms with Gasteiger partial charge in [0, 0.05) is 32.7 Å². The molecule has 2 bridgehead atoms. The summed E-state index contributed by atoms with van der Waals surface area (Å²) in [5, 5.41) is 0. The summed E-state index contributed by atoms with van der Waals surface area (Å²) in [4.78, 5) is 33.6. The number of hydrogen-bond donors (Lipinski definition) is 0. The molecule has 0 aromatic heterocycles. The van der Waals surface area contributed by atoms with Gasteiger partial charge in [-0.1, -0.05) is 121 Å². The lowest BCUT2D eigenvalue weighted by Gasteiger charge is -2.56. The van der Waals surface area contributed by atoms with Crippen molar-refractivity contribution in [2.45, 2.75) is 62.9 Å². The summed E-state index contributed by atoms with van der Waals surface area (Å²) in [5.74, 6) is 0. The van der Waals surface area contributed by atoms with E-state index < -0.39 is 22.8 Å². The zero-order valence-corrected chi connectivity index (χ0v) is 27.8. The van der Waals surface area contributed by atoms with Gasteiger partial charge in [-0.05, 0) is 55.9 Å². The molecular formula is C40H45N3O4. The van der Waals surface area contributed by atoms with Gasteiger partial charge in [0.05, 0.1) is 11.1 Å². The van der Waals surface area contributed by atoms with E-state index in [9.17, 15) is 9.59 Å². The Kier molecular flexibility index (Phi) is 9.11. The van der Waals surface area contributed by atoms with Crippen LogP contribution >= 0.6 is 0 Å². The van der Waals surface area contributed by atoms with Gasteiger partial charge in [0.1, 0.15) is 12.2 Å². The van der Waals surface area contributed by atoms with E-state index in [0.717, 1.165) is 35.1 Å². The highest BCUT2D eigenvalue weighted by molar-refractivity contribution is 5.72. The van der Waals surface area contributed by atoms with Crippen molar-refractivity contribution in [3.05, 3.63) is 144 Å². The van der Waals surface area contributed by atoms with Crippen molar-refractivity contribution in [3.8, 4) is 0 Å². The Balaban J connectivity index is 1.43. The minimum Gasteiger partial charge on any atom is -0.445 e. The van der Waals surface area contributed by atoms with Crippen LogP contribution in [0.15, 0.2) is 121 Å². The molecule has 7 heteroatoms. The highest BCUT2D eigenvalue weighted by atomic mass is 16.6. The summed E-state index contributed by atoms with van der Waals surface area (Å²) in [6, 6.07) is 41.4. The van der Waals surface area contributed by atoms with Gasteiger partial charge in [-0.2, -0.15) is 0 Å². The lowest BCUT2D eigenvalue weighted by molar-refractivity contribution is -0.0562. The van der Waals surface area contributed by atoms with Crippen molar-refractivity contribution in [2.24, 2.45) is 0 Å². The Morgan fingerprint density at radius 3 is 1.77 bits per heavy atom. The van der Waals surface area contributed by atoms with Crippen LogP contribution in [0.4, 0.5) is 9.59 Å². The molecule has 0 aliphatic carbocycles. The average molecular weight is 632 g/mol. The molecule has 0 radical (unpaired) electrons. The summed E-state index contributed by atoms with van der Waals surface area (Å²) in [7, 11) is 1.76. The Morgan fingerprint density at radius 2 is 1.28 bits per heavy atom. The molecule has 2 amide bonds. The lowest BCUT2D eigenvalue weighted by atomic mass is 9.74. The summed E-state index contributed by atoms with van der Waals surface area (Å²) >= 11 is 0. The van der Waals surface area contributed by atoms with Crippen LogP contribution in [0.5, 0.6) is 0 Å². The van der Waals surface area contributed by atoms with Crippen LogP contribution in [-0.2, 0) is 21.6 Å². The molecule has 2 heterocycles. The zero-order chi connectivity index (χ0) is 33.1. The number of hydrogen-bond acceptors (Lipinski definition) is 5. The lowest BCUT2D eigenvalue weighted by Crippen LogP contribution is -2.70. The Bertz CT molecular complexity index is 1550. The molecule has 47 heavy (non-hydrogen) atoms. The van der Waals surface area contributed by atoms with E-state index >= 15 is 0 Å². The first-order valence-corrected chi connectivity index (χ1v) is 16.5. The summed E-state index contributed by atoms with van der Waals surface area (Å²) in [5.41, 5.74) is 2.34. The number of carbonyl (C=O) groups excluding carboxylic acids is 2. The second kappa shape index (κ2) is 13.2. The van der Waals surface area contributed by atoms with Crippen molar-refractivity contribution in [3.63, 3.8) is 0 Å². The molecule has 0 saturated carbocycles. The number of amides is 2. The quantitative estimate of drug-likeness (QED) is 0.187. The van der Waals surface area contributed by atoms with Crippen LogP contribution in [0.2, 0.25) is 0 Å². The number of nitrogens with zero attached hydrogens (tertiary/aromatic N) is 3. The second-order valence-corrected chi connectivity index (χ2v) is 13.9. The van der Waals surface area contributed by atoms with Crippen molar-refractivity contribution in [2.75, 3.05) is 26.7 Å². The Hall–Kier alpha value is -4.62. The summed E-state index contributed by atoms with van der Waals surface area (Å²) < 4.78 is 11.8. The standard InChI is InChI=1S/C40H45N3O4/c1-38(2,3)47-37(45)43-35-25-26-39(43,29-41(4)36(44)46-28-31-17-9-5-10-18-31)30-42(27-35)40(32-19-11-6-12-20-32,33-21-13-7-14-22-33)34-23-15-8-16-24-34/h5-24,35H,25-30H2,1-4H3. The maximum atomic E-state index is 14.1. The van der Waals surface area contributed by atoms with Crippen molar-refractivity contribution in [1.29, 1.82) is 0 Å². The number of carbonyl (C=O) groups is 2. The van der Waals surface area contributed by atoms with E-state index in [1.165, 1.54) is 0 Å². The number of likely N-dealkylation sites (tertiary alicyclic amines) is 1. The first kappa shape index (κ1) is 32.3. The molecule has 2 saturated heterocycles. The normalized spacial score (nSPS) is 19.7.